The lowest BCUT2D eigenvalue weighted by molar-refractivity contribution is 0.0986. The molecule has 1 aromatic carbocycles. The first-order valence-corrected chi connectivity index (χ1v) is 9.13. The third-order valence-electron chi connectivity index (χ3n) is 4.56. The molecule has 2 aromatic heterocycles. The van der Waals surface area contributed by atoms with Crippen LogP contribution in [0.15, 0.2) is 34.9 Å². The highest BCUT2D eigenvalue weighted by atomic mass is 35.5. The molecule has 0 saturated carbocycles. The van der Waals surface area contributed by atoms with Gasteiger partial charge in [-0.25, -0.2) is 4.68 Å². The fraction of sp³-hybridized carbons (Fsp3) is 0.333. The second-order valence-electron chi connectivity index (χ2n) is 6.48. The highest BCUT2D eigenvalue weighted by Gasteiger charge is 2.22. The van der Waals surface area contributed by atoms with Crippen molar-refractivity contribution in [1.82, 2.24) is 25.2 Å². The Labute approximate surface area is 160 Å². The average molecular weight is 387 g/mol. The van der Waals surface area contributed by atoms with Crippen LogP contribution in [0.5, 0.6) is 0 Å². The van der Waals surface area contributed by atoms with Crippen molar-refractivity contribution in [2.24, 2.45) is 7.05 Å². The van der Waals surface area contributed by atoms with E-state index in [0.29, 0.717) is 22.6 Å². The van der Waals surface area contributed by atoms with Gasteiger partial charge in [0.1, 0.15) is 5.69 Å². The Bertz CT molecular complexity index is 960. The molecule has 140 valence electrons. The van der Waals surface area contributed by atoms with Crippen molar-refractivity contribution in [3.8, 4) is 11.3 Å². The normalized spacial score (nSPS) is 15.0. The van der Waals surface area contributed by atoms with Crippen LogP contribution < -0.4 is 10.6 Å². The summed E-state index contributed by atoms with van der Waals surface area (Å²) in [5, 5.41) is 15.0. The molecule has 1 aliphatic heterocycles. The molecule has 0 spiro atoms. The number of anilines is 1. The number of hydrogen-bond donors (Lipinski definition) is 2. The Morgan fingerprint density at radius 2 is 2.15 bits per heavy atom. The molecule has 0 atom stereocenters. The molecule has 9 heteroatoms. The minimum Gasteiger partial charge on any atom is -0.350 e. The number of nitrogens with zero attached hydrogens (tertiary/aromatic N) is 4. The van der Waals surface area contributed by atoms with Crippen molar-refractivity contribution in [3.05, 3.63) is 46.9 Å². The van der Waals surface area contributed by atoms with Crippen LogP contribution >= 0.6 is 11.6 Å². The van der Waals surface area contributed by atoms with Crippen molar-refractivity contribution >= 4 is 23.5 Å². The van der Waals surface area contributed by atoms with Crippen LogP contribution in [0.4, 0.5) is 5.95 Å². The molecule has 27 heavy (non-hydrogen) atoms. The van der Waals surface area contributed by atoms with Crippen molar-refractivity contribution in [1.29, 1.82) is 0 Å². The van der Waals surface area contributed by atoms with E-state index in [4.69, 9.17) is 16.1 Å². The van der Waals surface area contributed by atoms with Gasteiger partial charge in [-0.15, -0.1) is 0 Å². The molecular weight excluding hydrogens is 368 g/mol. The van der Waals surface area contributed by atoms with E-state index in [1.807, 2.05) is 12.1 Å². The fourth-order valence-corrected chi connectivity index (χ4v) is 3.29. The lowest BCUT2D eigenvalue weighted by Crippen LogP contribution is -2.27. The molecule has 1 aliphatic rings. The minimum absolute atomic E-state index is 0.0939. The minimum atomic E-state index is -0.428. The van der Waals surface area contributed by atoms with Crippen LogP contribution in [-0.2, 0) is 7.05 Å². The molecule has 1 fully saturated rings. The number of aromatic nitrogens is 4. The summed E-state index contributed by atoms with van der Waals surface area (Å²) in [6.45, 7) is 1.91. The van der Waals surface area contributed by atoms with E-state index in [1.165, 1.54) is 0 Å². The highest BCUT2D eigenvalue weighted by molar-refractivity contribution is 6.30. The molecule has 1 amide bonds. The highest BCUT2D eigenvalue weighted by Crippen LogP contribution is 2.24. The maximum atomic E-state index is 12.5. The maximum Gasteiger partial charge on any atom is 0.296 e. The van der Waals surface area contributed by atoms with Crippen molar-refractivity contribution in [2.45, 2.75) is 18.8 Å². The fourth-order valence-electron chi connectivity index (χ4n) is 3.10. The molecule has 3 aromatic rings. The number of piperidine rings is 1. The topological polar surface area (TPSA) is 97.9 Å². The summed E-state index contributed by atoms with van der Waals surface area (Å²) in [5.41, 5.74) is 1.31. The van der Waals surface area contributed by atoms with E-state index in [0.717, 1.165) is 37.3 Å². The maximum absolute atomic E-state index is 12.5. The van der Waals surface area contributed by atoms with Gasteiger partial charge >= 0.3 is 0 Å². The summed E-state index contributed by atoms with van der Waals surface area (Å²) >= 11 is 6.00. The number of hydrogen-bond acceptors (Lipinski definition) is 6. The molecule has 3 heterocycles. The van der Waals surface area contributed by atoms with Crippen LogP contribution in [-0.4, -0.2) is 38.9 Å². The summed E-state index contributed by atoms with van der Waals surface area (Å²) in [6, 6.07) is 8.76. The van der Waals surface area contributed by atoms with Crippen molar-refractivity contribution in [3.63, 3.8) is 0 Å². The molecule has 0 aliphatic carbocycles. The Balaban J connectivity index is 1.49. The average Bonchev–Trinajstić information content (AvgIpc) is 3.30. The summed E-state index contributed by atoms with van der Waals surface area (Å²) < 4.78 is 6.76. The molecule has 1 saturated heterocycles. The van der Waals surface area contributed by atoms with Gasteiger partial charge in [0.2, 0.25) is 11.7 Å². The van der Waals surface area contributed by atoms with Gasteiger partial charge in [-0.2, -0.15) is 10.1 Å². The molecule has 2 N–H and O–H groups in total. The largest absolute Gasteiger partial charge is 0.350 e. The van der Waals surface area contributed by atoms with E-state index in [1.54, 1.807) is 29.9 Å². The molecule has 0 unspecified atom stereocenters. The van der Waals surface area contributed by atoms with Gasteiger partial charge in [-0.3, -0.25) is 10.1 Å². The number of nitrogens with one attached hydrogen (secondary N) is 2. The third-order valence-corrected chi connectivity index (χ3v) is 4.80. The molecule has 0 radical (unpaired) electrons. The monoisotopic (exact) mass is 386 g/mol. The van der Waals surface area contributed by atoms with Crippen LogP contribution in [0, 0.1) is 0 Å². The quantitative estimate of drug-likeness (QED) is 0.715. The number of benzene rings is 1. The van der Waals surface area contributed by atoms with E-state index in [-0.39, 0.29) is 5.76 Å². The Morgan fingerprint density at radius 1 is 1.33 bits per heavy atom. The number of halogens is 1. The van der Waals surface area contributed by atoms with Crippen LogP contribution in [0.25, 0.3) is 11.3 Å². The third kappa shape index (κ3) is 3.86. The Morgan fingerprint density at radius 3 is 2.93 bits per heavy atom. The lowest BCUT2D eigenvalue weighted by atomic mass is 9.98. The second-order valence-corrected chi connectivity index (χ2v) is 6.92. The zero-order chi connectivity index (χ0) is 18.8. The summed E-state index contributed by atoms with van der Waals surface area (Å²) in [4.78, 5) is 17.0. The smallest absolute Gasteiger partial charge is 0.296 e. The molecular formula is C18H19ClN6O2. The predicted molar refractivity (Wildman–Crippen MR) is 101 cm³/mol. The van der Waals surface area contributed by atoms with Gasteiger partial charge in [0.15, 0.2) is 5.82 Å². The Kier molecular flexibility index (Phi) is 4.91. The van der Waals surface area contributed by atoms with Gasteiger partial charge in [0.05, 0.1) is 0 Å². The lowest BCUT2D eigenvalue weighted by Gasteiger charge is -2.19. The van der Waals surface area contributed by atoms with Gasteiger partial charge < -0.3 is 9.84 Å². The zero-order valence-electron chi connectivity index (χ0n) is 14.8. The number of amides is 1. The first kappa shape index (κ1) is 17.7. The summed E-state index contributed by atoms with van der Waals surface area (Å²) in [5.74, 6) is 1.11. The van der Waals surface area contributed by atoms with E-state index in [9.17, 15) is 4.79 Å². The zero-order valence-corrected chi connectivity index (χ0v) is 15.5. The number of carbonyl (C=O) groups is 1. The molecule has 4 rings (SSSR count). The summed E-state index contributed by atoms with van der Waals surface area (Å²) in [6.07, 6.45) is 1.98. The van der Waals surface area contributed by atoms with Gasteiger partial charge in [-0.1, -0.05) is 28.9 Å². The standard InChI is InChI=1S/C18H19ClN6O2/c1-25-18(21-16(23-25)11-5-7-20-8-6-11)22-17(26)15-10-14(24-27-15)12-3-2-4-13(19)9-12/h2-4,9-11,20H,5-8H2,1H3,(H,21,22,23,26). The van der Waals surface area contributed by atoms with Crippen LogP contribution in [0.1, 0.15) is 35.1 Å². The van der Waals surface area contributed by atoms with Crippen LogP contribution in [0.3, 0.4) is 0 Å². The van der Waals surface area contributed by atoms with Gasteiger partial charge in [0, 0.05) is 29.6 Å². The molecule has 8 nitrogen and oxygen atoms in total. The number of carbonyl (C=O) groups excluding carboxylic acids is 1. The SMILES string of the molecule is Cn1nc(C2CCNCC2)nc1NC(=O)c1cc(-c2cccc(Cl)c2)no1. The van der Waals surface area contributed by atoms with Gasteiger partial charge in [0.25, 0.3) is 5.91 Å². The van der Waals surface area contributed by atoms with Crippen molar-refractivity contribution < 1.29 is 9.32 Å². The van der Waals surface area contributed by atoms with E-state index >= 15 is 0 Å². The first-order valence-electron chi connectivity index (χ1n) is 8.76. The number of aryl methyl sites for hydroxylation is 1. The number of rotatable bonds is 4. The van der Waals surface area contributed by atoms with E-state index in [2.05, 4.69) is 25.9 Å². The van der Waals surface area contributed by atoms with Crippen LogP contribution in [0.2, 0.25) is 5.02 Å². The first-order chi connectivity index (χ1) is 13.1. The van der Waals surface area contributed by atoms with E-state index < -0.39 is 5.91 Å². The summed E-state index contributed by atoms with van der Waals surface area (Å²) in [7, 11) is 1.75. The molecule has 0 bridgehead atoms. The second kappa shape index (κ2) is 7.50. The Hall–Kier alpha value is -2.71. The van der Waals surface area contributed by atoms with Gasteiger partial charge in [-0.05, 0) is 38.1 Å². The predicted octanol–water partition coefficient (Wildman–Crippen LogP) is 2.84. The van der Waals surface area contributed by atoms with Crippen molar-refractivity contribution in [2.75, 3.05) is 18.4 Å².